The second-order valence-corrected chi connectivity index (χ2v) is 5.82. The number of nitrogen functional groups attached to an aromatic ring is 1. The number of nitrogens with zero attached hydrogens (tertiary/aromatic N) is 3. The number of rotatable bonds is 4. The smallest absolute Gasteiger partial charge is 0.160 e. The van der Waals surface area contributed by atoms with E-state index in [1.165, 1.54) is 6.33 Å². The highest BCUT2D eigenvalue weighted by atomic mass is 79.9. The largest absolute Gasteiger partial charge is 0.393 e. The van der Waals surface area contributed by atoms with Crippen molar-refractivity contribution < 1.29 is 0 Å². The van der Waals surface area contributed by atoms with Crippen LogP contribution >= 0.6 is 15.9 Å². The summed E-state index contributed by atoms with van der Waals surface area (Å²) in [6.07, 6.45) is 1.45. The van der Waals surface area contributed by atoms with E-state index in [-0.39, 0.29) is 0 Å². The highest BCUT2D eigenvalue weighted by Gasteiger charge is 2.09. The molecule has 2 heterocycles. The van der Waals surface area contributed by atoms with Crippen LogP contribution in [0.1, 0.15) is 5.69 Å². The van der Waals surface area contributed by atoms with Crippen molar-refractivity contribution in [2.75, 3.05) is 16.4 Å². The van der Waals surface area contributed by atoms with Gasteiger partial charge in [-0.05, 0) is 37.3 Å². The van der Waals surface area contributed by atoms with Gasteiger partial charge in [0.2, 0.25) is 0 Å². The number of aromatic nitrogens is 3. The fraction of sp³-hybridized carbons (Fsp3) is 0.0625. The molecule has 23 heavy (non-hydrogen) atoms. The Morgan fingerprint density at radius 1 is 1.00 bits per heavy atom. The second-order valence-electron chi connectivity index (χ2n) is 4.91. The minimum atomic E-state index is 0.427. The van der Waals surface area contributed by atoms with E-state index in [4.69, 9.17) is 5.73 Å². The highest BCUT2D eigenvalue weighted by Crippen LogP contribution is 2.28. The molecule has 0 atom stereocenters. The van der Waals surface area contributed by atoms with Crippen LogP contribution in [0, 0.1) is 6.92 Å². The minimum absolute atomic E-state index is 0.427. The maximum Gasteiger partial charge on any atom is 0.160 e. The van der Waals surface area contributed by atoms with Crippen LogP contribution in [0.3, 0.4) is 0 Å². The SMILES string of the molecule is Cc1cccc(Nc2ncnc(Nc3cccc(Br)c3)c2N)n1. The number of nitrogens with one attached hydrogen (secondary N) is 2. The van der Waals surface area contributed by atoms with Gasteiger partial charge in [0.25, 0.3) is 0 Å². The summed E-state index contributed by atoms with van der Waals surface area (Å²) in [5.41, 5.74) is 8.38. The Hall–Kier alpha value is -2.67. The van der Waals surface area contributed by atoms with Gasteiger partial charge in [0.15, 0.2) is 11.6 Å². The lowest BCUT2D eigenvalue weighted by Crippen LogP contribution is -2.06. The van der Waals surface area contributed by atoms with Crippen molar-refractivity contribution in [3.8, 4) is 0 Å². The molecule has 0 spiro atoms. The van der Waals surface area contributed by atoms with Crippen molar-refractivity contribution in [3.63, 3.8) is 0 Å². The molecule has 4 N–H and O–H groups in total. The molecule has 0 saturated heterocycles. The zero-order chi connectivity index (χ0) is 16.2. The van der Waals surface area contributed by atoms with Gasteiger partial charge in [-0.1, -0.05) is 28.1 Å². The van der Waals surface area contributed by atoms with Crippen molar-refractivity contribution in [2.45, 2.75) is 6.92 Å². The molecule has 116 valence electrons. The first-order valence-electron chi connectivity index (χ1n) is 6.95. The zero-order valence-electron chi connectivity index (χ0n) is 12.4. The van der Waals surface area contributed by atoms with Gasteiger partial charge in [-0.25, -0.2) is 15.0 Å². The van der Waals surface area contributed by atoms with Crippen LogP contribution in [0.4, 0.5) is 28.8 Å². The highest BCUT2D eigenvalue weighted by molar-refractivity contribution is 9.10. The monoisotopic (exact) mass is 370 g/mol. The molecule has 0 bridgehead atoms. The first-order chi connectivity index (χ1) is 11.1. The first-order valence-corrected chi connectivity index (χ1v) is 7.75. The van der Waals surface area contributed by atoms with Gasteiger partial charge in [0.1, 0.15) is 17.8 Å². The minimum Gasteiger partial charge on any atom is -0.393 e. The number of anilines is 5. The van der Waals surface area contributed by atoms with Crippen LogP contribution in [0.2, 0.25) is 0 Å². The van der Waals surface area contributed by atoms with Gasteiger partial charge < -0.3 is 16.4 Å². The molecular formula is C16H15BrN6. The number of pyridine rings is 1. The van der Waals surface area contributed by atoms with Gasteiger partial charge >= 0.3 is 0 Å². The predicted octanol–water partition coefficient (Wildman–Crippen LogP) is 4.01. The second kappa shape index (κ2) is 6.62. The average molecular weight is 371 g/mol. The van der Waals surface area contributed by atoms with E-state index in [0.29, 0.717) is 23.1 Å². The molecule has 0 unspecified atom stereocenters. The van der Waals surface area contributed by atoms with Gasteiger partial charge in [-0.15, -0.1) is 0 Å². The Morgan fingerprint density at radius 2 is 1.74 bits per heavy atom. The van der Waals surface area contributed by atoms with Gasteiger partial charge in [0.05, 0.1) is 0 Å². The molecule has 0 radical (unpaired) electrons. The summed E-state index contributed by atoms with van der Waals surface area (Å²) in [6, 6.07) is 13.5. The van der Waals surface area contributed by atoms with E-state index in [9.17, 15) is 0 Å². The molecule has 0 aliphatic carbocycles. The van der Waals surface area contributed by atoms with E-state index in [2.05, 4.69) is 41.5 Å². The van der Waals surface area contributed by atoms with Crippen LogP contribution in [0.25, 0.3) is 0 Å². The molecule has 0 aliphatic heterocycles. The van der Waals surface area contributed by atoms with E-state index < -0.39 is 0 Å². The third kappa shape index (κ3) is 3.75. The van der Waals surface area contributed by atoms with E-state index in [0.717, 1.165) is 15.9 Å². The number of halogens is 1. The van der Waals surface area contributed by atoms with E-state index in [1.807, 2.05) is 49.4 Å². The fourth-order valence-corrected chi connectivity index (χ4v) is 2.43. The number of hydrogen-bond acceptors (Lipinski definition) is 6. The van der Waals surface area contributed by atoms with Crippen molar-refractivity contribution >= 4 is 44.8 Å². The van der Waals surface area contributed by atoms with E-state index >= 15 is 0 Å². The lowest BCUT2D eigenvalue weighted by molar-refractivity contribution is 1.15. The molecule has 0 amide bonds. The van der Waals surface area contributed by atoms with Crippen molar-refractivity contribution in [3.05, 3.63) is 59.0 Å². The van der Waals surface area contributed by atoms with Crippen LogP contribution < -0.4 is 16.4 Å². The summed E-state index contributed by atoms with van der Waals surface area (Å²) < 4.78 is 0.970. The number of nitrogens with two attached hydrogens (primary N) is 1. The molecule has 1 aromatic carbocycles. The molecule has 6 nitrogen and oxygen atoms in total. The summed E-state index contributed by atoms with van der Waals surface area (Å²) in [7, 11) is 0. The van der Waals surface area contributed by atoms with Crippen LogP contribution in [0.5, 0.6) is 0 Å². The molecule has 0 saturated carbocycles. The zero-order valence-corrected chi connectivity index (χ0v) is 14.0. The summed E-state index contributed by atoms with van der Waals surface area (Å²) in [6.45, 7) is 1.93. The Balaban J connectivity index is 1.86. The van der Waals surface area contributed by atoms with Crippen LogP contribution in [-0.2, 0) is 0 Å². The molecule has 3 rings (SSSR count). The van der Waals surface area contributed by atoms with Crippen LogP contribution in [0.15, 0.2) is 53.3 Å². The predicted molar refractivity (Wildman–Crippen MR) is 96.1 cm³/mol. The van der Waals surface area contributed by atoms with E-state index in [1.54, 1.807) is 0 Å². The van der Waals surface area contributed by atoms with Gasteiger partial charge in [-0.2, -0.15) is 0 Å². The molecule has 7 heteroatoms. The van der Waals surface area contributed by atoms with Crippen molar-refractivity contribution in [1.82, 2.24) is 15.0 Å². The van der Waals surface area contributed by atoms with Gasteiger partial charge in [-0.3, -0.25) is 0 Å². The molecule has 2 aromatic heterocycles. The number of hydrogen-bond donors (Lipinski definition) is 3. The molecule has 0 fully saturated rings. The topological polar surface area (TPSA) is 88.8 Å². The lowest BCUT2D eigenvalue weighted by atomic mass is 10.3. The average Bonchev–Trinajstić information content (AvgIpc) is 2.51. The Morgan fingerprint density at radius 3 is 2.48 bits per heavy atom. The summed E-state index contributed by atoms with van der Waals surface area (Å²) in [5.74, 6) is 1.73. The molecule has 0 aliphatic rings. The quantitative estimate of drug-likeness (QED) is 0.642. The van der Waals surface area contributed by atoms with Crippen LogP contribution in [-0.4, -0.2) is 15.0 Å². The van der Waals surface area contributed by atoms with Crippen molar-refractivity contribution in [1.29, 1.82) is 0 Å². The fourth-order valence-electron chi connectivity index (χ4n) is 2.03. The van der Waals surface area contributed by atoms with Gasteiger partial charge in [0, 0.05) is 15.9 Å². The lowest BCUT2D eigenvalue weighted by Gasteiger charge is -2.12. The van der Waals surface area contributed by atoms with Crippen molar-refractivity contribution in [2.24, 2.45) is 0 Å². The molecular weight excluding hydrogens is 356 g/mol. The summed E-state index contributed by atoms with van der Waals surface area (Å²) in [4.78, 5) is 12.8. The third-order valence-electron chi connectivity index (χ3n) is 3.11. The summed E-state index contributed by atoms with van der Waals surface area (Å²) in [5, 5.41) is 6.30. The molecule has 3 aromatic rings. The first kappa shape index (κ1) is 15.2. The third-order valence-corrected chi connectivity index (χ3v) is 3.60. The summed E-state index contributed by atoms with van der Waals surface area (Å²) >= 11 is 3.43. The maximum absolute atomic E-state index is 6.17. The Bertz CT molecular complexity index is 771. The Kier molecular flexibility index (Phi) is 4.38. The standard InChI is InChI=1S/C16H15BrN6/c1-10-4-2-7-13(21-10)23-16-14(18)15(19-9-20-16)22-12-6-3-5-11(17)8-12/h2-9H,18H2,1H3,(H2,19,20,21,22,23). The normalized spacial score (nSPS) is 10.3. The maximum atomic E-state index is 6.17. The number of benzene rings is 1. The number of aryl methyl sites for hydroxylation is 1. The Labute approximate surface area is 142 Å².